The highest BCUT2D eigenvalue weighted by atomic mass is 35.5. The Hall–Kier alpha value is -1.06. The number of piperidine rings is 1. The highest BCUT2D eigenvalue weighted by Gasteiger charge is 2.23. The smallest absolute Gasteiger partial charge is 0.226 e. The molecule has 0 saturated carbocycles. The van der Waals surface area contributed by atoms with Gasteiger partial charge in [0.05, 0.1) is 0 Å². The maximum absolute atomic E-state index is 12.3. The van der Waals surface area contributed by atoms with Crippen LogP contribution in [-0.2, 0) is 4.79 Å². The molecule has 0 aliphatic carbocycles. The van der Waals surface area contributed by atoms with Gasteiger partial charge in [-0.25, -0.2) is 0 Å². The second kappa shape index (κ2) is 9.06. The fourth-order valence-corrected chi connectivity index (χ4v) is 3.00. The number of carbonyl (C=O) groups excluding carboxylic acids is 1. The van der Waals surface area contributed by atoms with Crippen LogP contribution in [0, 0.1) is 0 Å². The third kappa shape index (κ3) is 5.01. The van der Waals surface area contributed by atoms with Crippen LogP contribution in [0.4, 0.5) is 5.69 Å². The molecule has 1 atom stereocenters. The molecule has 3 nitrogen and oxygen atoms in total. The molecule has 0 aromatic heterocycles. The topological polar surface area (TPSA) is 23.6 Å². The zero-order chi connectivity index (χ0) is 14.4. The number of amides is 1. The van der Waals surface area contributed by atoms with Gasteiger partial charge in [-0.15, -0.1) is 12.4 Å². The van der Waals surface area contributed by atoms with Crippen LogP contribution >= 0.6 is 12.4 Å². The number of likely N-dealkylation sites (tertiary alicyclic amines) is 1. The Morgan fingerprint density at radius 2 is 1.81 bits per heavy atom. The van der Waals surface area contributed by atoms with E-state index in [1.54, 1.807) is 0 Å². The third-order valence-electron chi connectivity index (χ3n) is 4.02. The van der Waals surface area contributed by atoms with E-state index in [1.165, 1.54) is 32.4 Å². The molecule has 1 fully saturated rings. The van der Waals surface area contributed by atoms with Gasteiger partial charge in [0.2, 0.25) is 5.91 Å². The average Bonchev–Trinajstić information content (AvgIpc) is 2.49. The maximum Gasteiger partial charge on any atom is 0.226 e. The predicted octanol–water partition coefficient (Wildman–Crippen LogP) is 3.73. The second-order valence-electron chi connectivity index (χ2n) is 5.66. The number of anilines is 1. The van der Waals surface area contributed by atoms with Gasteiger partial charge in [0.1, 0.15) is 0 Å². The molecule has 1 heterocycles. The summed E-state index contributed by atoms with van der Waals surface area (Å²) in [5.74, 6) is 0.209. The largest absolute Gasteiger partial charge is 0.308 e. The molecule has 118 valence electrons. The minimum Gasteiger partial charge on any atom is -0.308 e. The van der Waals surface area contributed by atoms with Crippen molar-refractivity contribution in [1.29, 1.82) is 0 Å². The van der Waals surface area contributed by atoms with E-state index in [9.17, 15) is 4.79 Å². The van der Waals surface area contributed by atoms with Crippen molar-refractivity contribution in [1.82, 2.24) is 4.90 Å². The molecular weight excluding hydrogens is 284 g/mol. The number of nitrogens with zero attached hydrogens (tertiary/aromatic N) is 2. The Morgan fingerprint density at radius 3 is 2.38 bits per heavy atom. The molecule has 0 spiro atoms. The monoisotopic (exact) mass is 310 g/mol. The van der Waals surface area contributed by atoms with Crippen LogP contribution in [0.2, 0.25) is 0 Å². The van der Waals surface area contributed by atoms with Crippen molar-refractivity contribution in [3.63, 3.8) is 0 Å². The van der Waals surface area contributed by atoms with E-state index in [1.807, 2.05) is 42.2 Å². The summed E-state index contributed by atoms with van der Waals surface area (Å²) in [4.78, 5) is 16.8. The van der Waals surface area contributed by atoms with Gasteiger partial charge in [-0.3, -0.25) is 4.79 Å². The molecular formula is C17H27ClN2O. The van der Waals surface area contributed by atoms with Gasteiger partial charge in [0, 0.05) is 24.7 Å². The number of hydrogen-bond acceptors (Lipinski definition) is 2. The van der Waals surface area contributed by atoms with Gasteiger partial charge in [-0.05, 0) is 45.0 Å². The van der Waals surface area contributed by atoms with E-state index in [0.29, 0.717) is 6.42 Å². The van der Waals surface area contributed by atoms with Gasteiger partial charge < -0.3 is 9.80 Å². The summed E-state index contributed by atoms with van der Waals surface area (Å²) in [5, 5.41) is 0. The maximum atomic E-state index is 12.3. The van der Waals surface area contributed by atoms with Crippen LogP contribution in [0.3, 0.4) is 0 Å². The first-order valence-corrected chi connectivity index (χ1v) is 7.82. The van der Waals surface area contributed by atoms with E-state index in [0.717, 1.165) is 12.2 Å². The first-order chi connectivity index (χ1) is 9.72. The SMILES string of the molecule is CCC(=O)N(c1ccccc1)C(C)CN1CCCCC1.Cl. The lowest BCUT2D eigenvalue weighted by Gasteiger charge is -2.35. The molecule has 1 aromatic carbocycles. The van der Waals surface area contributed by atoms with Crippen LogP contribution in [0.15, 0.2) is 30.3 Å². The van der Waals surface area contributed by atoms with Crippen molar-refractivity contribution in [3.8, 4) is 0 Å². The molecule has 1 aromatic rings. The zero-order valence-corrected chi connectivity index (χ0v) is 13.9. The van der Waals surface area contributed by atoms with Gasteiger partial charge >= 0.3 is 0 Å². The number of halogens is 1. The molecule has 0 radical (unpaired) electrons. The molecule has 4 heteroatoms. The summed E-state index contributed by atoms with van der Waals surface area (Å²) >= 11 is 0. The van der Waals surface area contributed by atoms with Gasteiger partial charge in [-0.1, -0.05) is 31.5 Å². The van der Waals surface area contributed by atoms with Crippen molar-refractivity contribution >= 4 is 24.0 Å². The Labute approximate surface area is 134 Å². The average molecular weight is 311 g/mol. The van der Waals surface area contributed by atoms with Crippen molar-refractivity contribution < 1.29 is 4.79 Å². The highest BCUT2D eigenvalue weighted by molar-refractivity contribution is 5.93. The normalized spacial score (nSPS) is 16.9. The fraction of sp³-hybridized carbons (Fsp3) is 0.588. The van der Waals surface area contributed by atoms with Gasteiger partial charge in [0.25, 0.3) is 0 Å². The van der Waals surface area contributed by atoms with Crippen molar-refractivity contribution in [2.75, 3.05) is 24.5 Å². The second-order valence-corrected chi connectivity index (χ2v) is 5.66. The number of para-hydroxylation sites is 1. The molecule has 1 aliphatic heterocycles. The van der Waals surface area contributed by atoms with Gasteiger partial charge in [0.15, 0.2) is 0 Å². The van der Waals surface area contributed by atoms with Crippen LogP contribution in [0.1, 0.15) is 39.5 Å². The molecule has 1 aliphatic rings. The highest BCUT2D eigenvalue weighted by Crippen LogP contribution is 2.19. The number of carbonyl (C=O) groups is 1. The molecule has 2 rings (SSSR count). The van der Waals surface area contributed by atoms with Crippen molar-refractivity contribution in [3.05, 3.63) is 30.3 Å². The minimum atomic E-state index is 0. The zero-order valence-electron chi connectivity index (χ0n) is 13.1. The lowest BCUT2D eigenvalue weighted by Crippen LogP contribution is -2.46. The molecule has 0 N–H and O–H groups in total. The van der Waals surface area contributed by atoms with Crippen molar-refractivity contribution in [2.24, 2.45) is 0 Å². The van der Waals surface area contributed by atoms with Crippen LogP contribution < -0.4 is 4.90 Å². The first-order valence-electron chi connectivity index (χ1n) is 7.82. The summed E-state index contributed by atoms with van der Waals surface area (Å²) in [6.45, 7) is 7.42. The number of benzene rings is 1. The molecule has 1 amide bonds. The van der Waals surface area contributed by atoms with Crippen LogP contribution in [0.5, 0.6) is 0 Å². The third-order valence-corrected chi connectivity index (χ3v) is 4.02. The summed E-state index contributed by atoms with van der Waals surface area (Å²) < 4.78 is 0. The van der Waals surface area contributed by atoms with E-state index < -0.39 is 0 Å². The van der Waals surface area contributed by atoms with E-state index in [2.05, 4.69) is 11.8 Å². The summed E-state index contributed by atoms with van der Waals surface area (Å²) in [5.41, 5.74) is 1.02. The Bertz CT molecular complexity index is 418. The lowest BCUT2D eigenvalue weighted by molar-refractivity contribution is -0.118. The molecule has 21 heavy (non-hydrogen) atoms. The predicted molar refractivity (Wildman–Crippen MR) is 91.2 cm³/mol. The lowest BCUT2D eigenvalue weighted by atomic mass is 10.1. The Morgan fingerprint density at radius 1 is 1.19 bits per heavy atom. The standard InChI is InChI=1S/C17H26N2O.ClH/c1-3-17(20)19(16-10-6-4-7-11-16)15(2)14-18-12-8-5-9-13-18;/h4,6-7,10-11,15H,3,5,8-9,12-14H2,1-2H3;1H. The Kier molecular flexibility index (Phi) is 7.76. The Balaban J connectivity index is 0.00000220. The summed E-state index contributed by atoms with van der Waals surface area (Å²) in [6, 6.07) is 10.3. The molecule has 1 saturated heterocycles. The van der Waals surface area contributed by atoms with E-state index in [-0.39, 0.29) is 24.4 Å². The van der Waals surface area contributed by atoms with E-state index in [4.69, 9.17) is 0 Å². The first kappa shape index (κ1) is 18.0. The van der Waals surface area contributed by atoms with Crippen LogP contribution in [0.25, 0.3) is 0 Å². The minimum absolute atomic E-state index is 0. The summed E-state index contributed by atoms with van der Waals surface area (Å²) in [7, 11) is 0. The quantitative estimate of drug-likeness (QED) is 0.827. The number of rotatable bonds is 5. The fourth-order valence-electron chi connectivity index (χ4n) is 3.00. The van der Waals surface area contributed by atoms with Crippen molar-refractivity contribution in [2.45, 2.75) is 45.6 Å². The van der Waals surface area contributed by atoms with E-state index >= 15 is 0 Å². The van der Waals surface area contributed by atoms with Crippen LogP contribution in [-0.4, -0.2) is 36.5 Å². The summed E-state index contributed by atoms with van der Waals surface area (Å²) in [6.07, 6.45) is 4.49. The molecule has 1 unspecified atom stereocenters. The number of hydrogen-bond donors (Lipinski definition) is 0. The molecule has 0 bridgehead atoms. The van der Waals surface area contributed by atoms with Gasteiger partial charge in [-0.2, -0.15) is 0 Å².